The van der Waals surface area contributed by atoms with Crippen LogP contribution in [0.3, 0.4) is 0 Å². The molecule has 1 aromatic rings. The first-order valence-corrected chi connectivity index (χ1v) is 11.5. The van der Waals surface area contributed by atoms with Gasteiger partial charge in [0.1, 0.15) is 11.5 Å². The van der Waals surface area contributed by atoms with Crippen LogP contribution in [0.25, 0.3) is 0 Å². The number of ether oxygens (including phenoxy) is 1. The van der Waals surface area contributed by atoms with Crippen LogP contribution in [0.1, 0.15) is 119 Å². The third-order valence-corrected chi connectivity index (χ3v) is 5.66. The maximum absolute atomic E-state index is 12.3. The molecule has 0 fully saturated rings. The maximum atomic E-state index is 12.3. The van der Waals surface area contributed by atoms with E-state index in [4.69, 9.17) is 4.74 Å². The van der Waals surface area contributed by atoms with Gasteiger partial charge in [0.05, 0.1) is 12.7 Å². The fraction of sp³-hybridized carbons (Fsp3) is 0.720. The lowest BCUT2D eigenvalue weighted by Gasteiger charge is -2.10. The Hall–Kier alpha value is -1.51. The summed E-state index contributed by atoms with van der Waals surface area (Å²) in [6.07, 6.45) is 18.8. The number of aromatic hydroxyl groups is 1. The Balaban J connectivity index is 2.02. The zero-order valence-corrected chi connectivity index (χ0v) is 18.5. The molecule has 0 heterocycles. The third-order valence-electron chi connectivity index (χ3n) is 5.66. The molecule has 0 saturated heterocycles. The first kappa shape index (κ1) is 24.5. The van der Waals surface area contributed by atoms with Crippen molar-refractivity contribution in [3.05, 3.63) is 23.3 Å². The van der Waals surface area contributed by atoms with Gasteiger partial charge in [0.2, 0.25) is 0 Å². The zero-order chi connectivity index (χ0) is 20.6. The van der Waals surface area contributed by atoms with Gasteiger partial charge >= 0.3 is 0 Å². The number of Topliss-reactive ketones (excluding diaryl/α,β-unsaturated/α-hetero) is 1. The predicted octanol–water partition coefficient (Wildman–Crippen LogP) is 7.76. The van der Waals surface area contributed by atoms with Crippen molar-refractivity contribution in [3.8, 4) is 11.5 Å². The van der Waals surface area contributed by atoms with Crippen molar-refractivity contribution in [1.82, 2.24) is 0 Å². The smallest absolute Gasteiger partial charge is 0.166 e. The Morgan fingerprint density at radius 2 is 1.29 bits per heavy atom. The average Bonchev–Trinajstić information content (AvgIpc) is 2.70. The Bertz CT molecular complexity index is 551. The van der Waals surface area contributed by atoms with E-state index >= 15 is 0 Å². The number of hydrogen-bond donors (Lipinski definition) is 1. The molecule has 0 aromatic heterocycles. The lowest BCUT2D eigenvalue weighted by atomic mass is 10.00. The highest BCUT2D eigenvalue weighted by Gasteiger charge is 2.15. The Labute approximate surface area is 172 Å². The van der Waals surface area contributed by atoms with Gasteiger partial charge in [-0.2, -0.15) is 0 Å². The SMILES string of the molecule is CCCCCCCCCCCCCCCCC(=O)c1ccc(OC)c(C)c1O. The summed E-state index contributed by atoms with van der Waals surface area (Å²) >= 11 is 0. The minimum Gasteiger partial charge on any atom is -0.507 e. The average molecular weight is 391 g/mol. The van der Waals surface area contributed by atoms with Gasteiger partial charge in [-0.3, -0.25) is 4.79 Å². The number of carbonyl (C=O) groups excluding carboxylic acids is 1. The Morgan fingerprint density at radius 1 is 0.821 bits per heavy atom. The van der Waals surface area contributed by atoms with Crippen molar-refractivity contribution in [2.24, 2.45) is 0 Å². The summed E-state index contributed by atoms with van der Waals surface area (Å²) in [6, 6.07) is 3.43. The fourth-order valence-corrected chi connectivity index (χ4v) is 3.74. The van der Waals surface area contributed by atoms with Gasteiger partial charge in [0, 0.05) is 12.0 Å². The van der Waals surface area contributed by atoms with Gasteiger partial charge in [-0.05, 0) is 25.5 Å². The summed E-state index contributed by atoms with van der Waals surface area (Å²) in [4.78, 5) is 12.3. The third kappa shape index (κ3) is 9.61. The van der Waals surface area contributed by atoms with Crippen molar-refractivity contribution in [2.45, 2.75) is 110 Å². The van der Waals surface area contributed by atoms with E-state index in [1.807, 2.05) is 0 Å². The largest absolute Gasteiger partial charge is 0.507 e. The van der Waals surface area contributed by atoms with Crippen molar-refractivity contribution < 1.29 is 14.6 Å². The highest BCUT2D eigenvalue weighted by molar-refractivity contribution is 5.99. The van der Waals surface area contributed by atoms with Crippen LogP contribution in [0.15, 0.2) is 12.1 Å². The topological polar surface area (TPSA) is 46.5 Å². The van der Waals surface area contributed by atoms with Crippen LogP contribution >= 0.6 is 0 Å². The summed E-state index contributed by atoms with van der Waals surface area (Å²) < 4.78 is 5.18. The minimum atomic E-state index is 0.0298. The van der Waals surface area contributed by atoms with Crippen LogP contribution in [0.4, 0.5) is 0 Å². The second-order valence-corrected chi connectivity index (χ2v) is 8.06. The first-order chi connectivity index (χ1) is 13.6. The van der Waals surface area contributed by atoms with E-state index in [-0.39, 0.29) is 11.5 Å². The summed E-state index contributed by atoms with van der Waals surface area (Å²) in [6.45, 7) is 4.04. The van der Waals surface area contributed by atoms with E-state index in [0.717, 1.165) is 12.8 Å². The van der Waals surface area contributed by atoms with Gasteiger partial charge in [0.25, 0.3) is 0 Å². The molecule has 0 bridgehead atoms. The van der Waals surface area contributed by atoms with Crippen LogP contribution in [0.5, 0.6) is 11.5 Å². The summed E-state index contributed by atoms with van der Waals surface area (Å²) in [5.41, 5.74) is 1.06. The molecule has 0 aliphatic heterocycles. The number of phenols is 1. The molecule has 0 radical (unpaired) electrons. The molecule has 160 valence electrons. The molecule has 1 aromatic carbocycles. The summed E-state index contributed by atoms with van der Waals surface area (Å²) in [5, 5.41) is 10.2. The van der Waals surface area contributed by atoms with E-state index < -0.39 is 0 Å². The highest BCUT2D eigenvalue weighted by Crippen LogP contribution is 2.31. The zero-order valence-electron chi connectivity index (χ0n) is 18.5. The monoisotopic (exact) mass is 390 g/mol. The molecule has 0 saturated carbocycles. The molecule has 0 aliphatic carbocycles. The van der Waals surface area contributed by atoms with Crippen LogP contribution in [0, 0.1) is 6.92 Å². The molecule has 1 N–H and O–H groups in total. The van der Waals surface area contributed by atoms with Gasteiger partial charge < -0.3 is 9.84 Å². The standard InChI is InChI=1S/C25H42O3/c1-4-5-6-7-8-9-10-11-12-13-14-15-16-17-18-23(26)22-19-20-24(28-3)21(2)25(22)27/h19-20,27H,4-18H2,1-3H3. The number of methoxy groups -OCH3 is 1. The number of ketones is 1. The molecular formula is C25H42O3. The molecule has 0 spiro atoms. The number of unbranched alkanes of at least 4 members (excludes halogenated alkanes) is 13. The van der Waals surface area contributed by atoms with Crippen LogP contribution in [-0.4, -0.2) is 18.0 Å². The van der Waals surface area contributed by atoms with Gasteiger partial charge in [-0.15, -0.1) is 0 Å². The molecular weight excluding hydrogens is 348 g/mol. The van der Waals surface area contributed by atoms with E-state index in [1.54, 1.807) is 26.2 Å². The molecule has 0 atom stereocenters. The second kappa shape index (κ2) is 15.4. The fourth-order valence-electron chi connectivity index (χ4n) is 3.74. The second-order valence-electron chi connectivity index (χ2n) is 8.06. The number of carbonyl (C=O) groups is 1. The van der Waals surface area contributed by atoms with Crippen molar-refractivity contribution >= 4 is 5.78 Å². The first-order valence-electron chi connectivity index (χ1n) is 11.5. The lowest BCUT2D eigenvalue weighted by Crippen LogP contribution is -2.01. The van der Waals surface area contributed by atoms with Gasteiger partial charge in [-0.1, -0.05) is 90.4 Å². The molecule has 3 heteroatoms. The van der Waals surface area contributed by atoms with Crippen LogP contribution in [-0.2, 0) is 0 Å². The van der Waals surface area contributed by atoms with Crippen LogP contribution < -0.4 is 4.74 Å². The number of benzene rings is 1. The minimum absolute atomic E-state index is 0.0298. The maximum Gasteiger partial charge on any atom is 0.166 e. The van der Waals surface area contributed by atoms with Crippen molar-refractivity contribution in [1.29, 1.82) is 0 Å². The van der Waals surface area contributed by atoms with E-state index in [0.29, 0.717) is 23.3 Å². The molecule has 0 aliphatic rings. The van der Waals surface area contributed by atoms with E-state index in [1.165, 1.54) is 77.0 Å². The summed E-state index contributed by atoms with van der Waals surface area (Å²) in [5.74, 6) is 0.711. The molecule has 3 nitrogen and oxygen atoms in total. The Kier molecular flexibility index (Phi) is 13.5. The number of phenolic OH excluding ortho intramolecular Hbond substituents is 1. The van der Waals surface area contributed by atoms with Crippen molar-refractivity contribution in [2.75, 3.05) is 7.11 Å². The highest BCUT2D eigenvalue weighted by atomic mass is 16.5. The van der Waals surface area contributed by atoms with Gasteiger partial charge in [0.15, 0.2) is 5.78 Å². The molecule has 1 rings (SSSR count). The number of hydrogen-bond acceptors (Lipinski definition) is 3. The van der Waals surface area contributed by atoms with Crippen LogP contribution in [0.2, 0.25) is 0 Å². The Morgan fingerprint density at radius 3 is 1.75 bits per heavy atom. The normalized spacial score (nSPS) is 11.0. The van der Waals surface area contributed by atoms with Gasteiger partial charge in [-0.25, -0.2) is 0 Å². The molecule has 0 amide bonds. The lowest BCUT2D eigenvalue weighted by molar-refractivity contribution is 0.0976. The van der Waals surface area contributed by atoms with Crippen molar-refractivity contribution in [3.63, 3.8) is 0 Å². The molecule has 28 heavy (non-hydrogen) atoms. The van der Waals surface area contributed by atoms with E-state index in [9.17, 15) is 9.90 Å². The summed E-state index contributed by atoms with van der Waals surface area (Å²) in [7, 11) is 1.57. The number of rotatable bonds is 17. The van der Waals surface area contributed by atoms with E-state index in [2.05, 4.69) is 6.92 Å². The predicted molar refractivity (Wildman–Crippen MR) is 119 cm³/mol. The molecule has 0 unspecified atom stereocenters. The quantitative estimate of drug-likeness (QED) is 0.218.